The lowest BCUT2D eigenvalue weighted by molar-refractivity contribution is 0.0679. The van der Waals surface area contributed by atoms with Gasteiger partial charge in [0.1, 0.15) is 6.61 Å². The Hall–Kier alpha value is -1.33. The lowest BCUT2D eigenvalue weighted by Crippen LogP contribution is -2.16. The molecule has 0 aliphatic carbocycles. The van der Waals surface area contributed by atoms with Gasteiger partial charge in [-0.1, -0.05) is 11.3 Å². The maximum absolute atomic E-state index is 5.72. The number of rotatable bonds is 3. The highest BCUT2D eigenvalue weighted by atomic mass is 32.1. The SMILES string of the molecule is Nc1ccc2nc(OCC3CCCO3)sc2c1. The third kappa shape index (κ3) is 2.35. The van der Waals surface area contributed by atoms with Gasteiger partial charge in [0.15, 0.2) is 0 Å². The molecule has 0 amide bonds. The van der Waals surface area contributed by atoms with Crippen LogP contribution in [0.25, 0.3) is 10.2 Å². The predicted octanol–water partition coefficient (Wildman–Crippen LogP) is 2.44. The molecular formula is C12H14N2O2S. The minimum Gasteiger partial charge on any atom is -0.467 e. The van der Waals surface area contributed by atoms with Crippen molar-refractivity contribution in [1.29, 1.82) is 0 Å². The molecule has 17 heavy (non-hydrogen) atoms. The smallest absolute Gasteiger partial charge is 0.274 e. The Morgan fingerprint density at radius 1 is 1.53 bits per heavy atom. The number of thiazole rings is 1. The number of hydrogen-bond acceptors (Lipinski definition) is 5. The number of fused-ring (bicyclic) bond motifs is 1. The summed E-state index contributed by atoms with van der Waals surface area (Å²) < 4.78 is 12.2. The first-order valence-electron chi connectivity index (χ1n) is 5.72. The molecule has 90 valence electrons. The third-order valence-electron chi connectivity index (χ3n) is 2.81. The number of hydrogen-bond donors (Lipinski definition) is 1. The summed E-state index contributed by atoms with van der Waals surface area (Å²) in [6.45, 7) is 1.44. The Morgan fingerprint density at radius 2 is 2.47 bits per heavy atom. The fourth-order valence-electron chi connectivity index (χ4n) is 1.92. The number of nitrogen functional groups attached to an aromatic ring is 1. The van der Waals surface area contributed by atoms with E-state index in [1.807, 2.05) is 18.2 Å². The molecule has 2 heterocycles. The summed E-state index contributed by atoms with van der Waals surface area (Å²) in [7, 11) is 0. The monoisotopic (exact) mass is 250 g/mol. The number of benzene rings is 1. The van der Waals surface area contributed by atoms with Crippen LogP contribution in [0.15, 0.2) is 18.2 Å². The molecule has 0 radical (unpaired) electrons. The second-order valence-corrected chi connectivity index (χ2v) is 5.15. The van der Waals surface area contributed by atoms with Gasteiger partial charge in [0, 0.05) is 12.3 Å². The van der Waals surface area contributed by atoms with Crippen LogP contribution in [0.2, 0.25) is 0 Å². The molecule has 1 fully saturated rings. The first kappa shape index (κ1) is 10.8. The summed E-state index contributed by atoms with van der Waals surface area (Å²) in [6.07, 6.45) is 2.44. The van der Waals surface area contributed by atoms with Crippen molar-refractivity contribution in [1.82, 2.24) is 4.98 Å². The first-order valence-corrected chi connectivity index (χ1v) is 6.53. The quantitative estimate of drug-likeness (QED) is 0.850. The molecule has 1 saturated heterocycles. The second-order valence-electron chi connectivity index (χ2n) is 4.15. The molecule has 4 nitrogen and oxygen atoms in total. The van der Waals surface area contributed by atoms with Gasteiger partial charge in [-0.3, -0.25) is 0 Å². The number of anilines is 1. The number of ether oxygens (including phenoxy) is 2. The van der Waals surface area contributed by atoms with Gasteiger partial charge in [0.2, 0.25) is 0 Å². The minimum absolute atomic E-state index is 0.229. The summed E-state index contributed by atoms with van der Waals surface area (Å²) in [5.74, 6) is 0. The van der Waals surface area contributed by atoms with E-state index in [-0.39, 0.29) is 6.10 Å². The lowest BCUT2D eigenvalue weighted by atomic mass is 10.2. The van der Waals surface area contributed by atoms with Gasteiger partial charge in [-0.15, -0.1) is 0 Å². The van der Waals surface area contributed by atoms with E-state index in [9.17, 15) is 0 Å². The van der Waals surface area contributed by atoms with Gasteiger partial charge in [0.25, 0.3) is 5.19 Å². The Kier molecular flexibility index (Phi) is 2.86. The van der Waals surface area contributed by atoms with Crippen molar-refractivity contribution in [3.05, 3.63) is 18.2 Å². The van der Waals surface area contributed by atoms with Gasteiger partial charge < -0.3 is 15.2 Å². The van der Waals surface area contributed by atoms with Crippen LogP contribution in [0.4, 0.5) is 5.69 Å². The van der Waals surface area contributed by atoms with Crippen molar-refractivity contribution >= 4 is 27.2 Å². The maximum atomic E-state index is 5.72. The highest BCUT2D eigenvalue weighted by Crippen LogP contribution is 2.29. The van der Waals surface area contributed by atoms with Crippen LogP contribution in [0, 0.1) is 0 Å². The van der Waals surface area contributed by atoms with E-state index >= 15 is 0 Å². The van der Waals surface area contributed by atoms with Gasteiger partial charge >= 0.3 is 0 Å². The summed E-state index contributed by atoms with van der Waals surface area (Å²) in [4.78, 5) is 4.40. The van der Waals surface area contributed by atoms with Gasteiger partial charge in [-0.05, 0) is 31.0 Å². The van der Waals surface area contributed by atoms with Crippen molar-refractivity contribution in [3.63, 3.8) is 0 Å². The summed E-state index contributed by atoms with van der Waals surface area (Å²) in [5, 5.41) is 0.695. The van der Waals surface area contributed by atoms with Gasteiger partial charge in [0.05, 0.1) is 16.3 Å². The Morgan fingerprint density at radius 3 is 3.29 bits per heavy atom. The number of nitrogens with two attached hydrogens (primary N) is 1. The van der Waals surface area contributed by atoms with Crippen LogP contribution in [-0.2, 0) is 4.74 Å². The molecule has 1 atom stereocenters. The first-order chi connectivity index (χ1) is 8.31. The maximum Gasteiger partial charge on any atom is 0.274 e. The fraction of sp³-hybridized carbons (Fsp3) is 0.417. The third-order valence-corrected chi connectivity index (χ3v) is 3.74. The molecule has 2 aromatic rings. The average molecular weight is 250 g/mol. The summed E-state index contributed by atoms with van der Waals surface area (Å²) in [6, 6.07) is 5.69. The van der Waals surface area contributed by atoms with Crippen LogP contribution in [0.3, 0.4) is 0 Å². The van der Waals surface area contributed by atoms with Crippen LogP contribution in [-0.4, -0.2) is 24.3 Å². The standard InChI is InChI=1S/C12H14N2O2S/c13-8-3-4-10-11(6-8)17-12(14-10)16-7-9-2-1-5-15-9/h3-4,6,9H,1-2,5,7,13H2. The lowest BCUT2D eigenvalue weighted by Gasteiger charge is -2.08. The molecule has 1 unspecified atom stereocenters. The fourth-order valence-corrected chi connectivity index (χ4v) is 2.79. The average Bonchev–Trinajstić information content (AvgIpc) is 2.94. The van der Waals surface area contributed by atoms with E-state index in [0.29, 0.717) is 11.8 Å². The van der Waals surface area contributed by atoms with E-state index in [2.05, 4.69) is 4.98 Å². The highest BCUT2D eigenvalue weighted by Gasteiger charge is 2.16. The molecular weight excluding hydrogens is 236 g/mol. The molecule has 2 N–H and O–H groups in total. The molecule has 3 rings (SSSR count). The molecule has 0 bridgehead atoms. The zero-order valence-electron chi connectivity index (χ0n) is 9.39. The predicted molar refractivity (Wildman–Crippen MR) is 68.5 cm³/mol. The second kappa shape index (κ2) is 4.50. The molecule has 0 saturated carbocycles. The molecule has 0 spiro atoms. The zero-order valence-corrected chi connectivity index (χ0v) is 10.2. The van der Waals surface area contributed by atoms with Crippen molar-refractivity contribution in [2.45, 2.75) is 18.9 Å². The topological polar surface area (TPSA) is 57.4 Å². The molecule has 1 aromatic heterocycles. The van der Waals surface area contributed by atoms with Crippen LogP contribution in [0.1, 0.15) is 12.8 Å². The molecule has 1 aliphatic heterocycles. The van der Waals surface area contributed by atoms with E-state index in [1.165, 1.54) is 11.3 Å². The van der Waals surface area contributed by atoms with E-state index < -0.39 is 0 Å². The van der Waals surface area contributed by atoms with Crippen LogP contribution < -0.4 is 10.5 Å². The zero-order chi connectivity index (χ0) is 11.7. The molecule has 1 aromatic carbocycles. The van der Waals surface area contributed by atoms with Crippen LogP contribution in [0.5, 0.6) is 5.19 Å². The minimum atomic E-state index is 0.229. The summed E-state index contributed by atoms with van der Waals surface area (Å²) >= 11 is 1.53. The largest absolute Gasteiger partial charge is 0.467 e. The van der Waals surface area contributed by atoms with Gasteiger partial charge in [-0.25, -0.2) is 4.98 Å². The van der Waals surface area contributed by atoms with Crippen molar-refractivity contribution in [2.75, 3.05) is 18.9 Å². The summed E-state index contributed by atoms with van der Waals surface area (Å²) in [5.41, 5.74) is 7.42. The number of aromatic nitrogens is 1. The molecule has 1 aliphatic rings. The Labute approximate surface area is 103 Å². The van der Waals surface area contributed by atoms with Gasteiger partial charge in [-0.2, -0.15) is 0 Å². The number of nitrogens with zero attached hydrogens (tertiary/aromatic N) is 1. The highest BCUT2D eigenvalue weighted by molar-refractivity contribution is 7.20. The van der Waals surface area contributed by atoms with Crippen molar-refractivity contribution < 1.29 is 9.47 Å². The van der Waals surface area contributed by atoms with E-state index in [0.717, 1.165) is 35.4 Å². The van der Waals surface area contributed by atoms with E-state index in [1.54, 1.807) is 0 Å². The van der Waals surface area contributed by atoms with E-state index in [4.69, 9.17) is 15.2 Å². The van der Waals surface area contributed by atoms with Crippen molar-refractivity contribution in [2.24, 2.45) is 0 Å². The van der Waals surface area contributed by atoms with Crippen molar-refractivity contribution in [3.8, 4) is 5.19 Å². The molecule has 5 heteroatoms. The van der Waals surface area contributed by atoms with Crippen LogP contribution >= 0.6 is 11.3 Å². The Bertz CT molecular complexity index is 520. The normalized spacial score (nSPS) is 19.9. The Balaban J connectivity index is 1.72.